The molecule has 0 aliphatic rings. The summed E-state index contributed by atoms with van der Waals surface area (Å²) < 4.78 is 28.0. The predicted octanol–water partition coefficient (Wildman–Crippen LogP) is 3.43. The summed E-state index contributed by atoms with van der Waals surface area (Å²) in [5, 5.41) is 0.612. The Hall–Kier alpha value is -1.24. The van der Waals surface area contributed by atoms with Gasteiger partial charge in [0, 0.05) is 17.0 Å². The maximum Gasteiger partial charge on any atom is 0.253 e. The lowest BCUT2D eigenvalue weighted by molar-refractivity contribution is 0.614. The quantitative estimate of drug-likeness (QED) is 0.896. The lowest BCUT2D eigenvalue weighted by Gasteiger charge is -2.22. The van der Waals surface area contributed by atoms with E-state index >= 15 is 0 Å². The highest BCUT2D eigenvalue weighted by Gasteiger charge is 2.23. The van der Waals surface area contributed by atoms with E-state index in [1.54, 1.807) is 13.0 Å². The zero-order valence-corrected chi connectivity index (χ0v) is 14.4. The number of benzene rings is 1. The van der Waals surface area contributed by atoms with E-state index in [1.807, 2.05) is 20.8 Å². The van der Waals surface area contributed by atoms with E-state index in [0.717, 1.165) is 0 Å². The SMILES string of the molecule is C[C@@H](NS(=O)C(C)(C)C)c1cc2cc(Cl)c(F)cc2[nH]c1=O. The van der Waals surface area contributed by atoms with E-state index in [0.29, 0.717) is 16.5 Å². The van der Waals surface area contributed by atoms with Crippen molar-refractivity contribution in [2.75, 3.05) is 0 Å². The normalized spacial score (nSPS) is 15.0. The van der Waals surface area contributed by atoms with Crippen LogP contribution in [0.4, 0.5) is 4.39 Å². The standard InChI is InChI=1S/C15H18ClFN2O2S/c1-8(19-22(21)15(2,3)4)10-5-9-6-11(16)12(17)7-13(9)18-14(10)20/h5-8,19H,1-4H3,(H,18,20)/t8-,22?/m1/s1. The number of fused-ring (bicyclic) bond motifs is 1. The van der Waals surface area contributed by atoms with Crippen molar-refractivity contribution in [1.29, 1.82) is 0 Å². The van der Waals surface area contributed by atoms with E-state index in [2.05, 4.69) is 9.71 Å². The minimum absolute atomic E-state index is 0.00983. The number of hydrogen-bond donors (Lipinski definition) is 2. The second-order valence-electron chi connectivity index (χ2n) is 6.13. The third-order valence-electron chi connectivity index (χ3n) is 3.22. The van der Waals surface area contributed by atoms with Crippen LogP contribution in [0.1, 0.15) is 39.3 Å². The molecule has 0 radical (unpaired) electrons. The van der Waals surface area contributed by atoms with Gasteiger partial charge in [-0.3, -0.25) is 4.79 Å². The zero-order chi connectivity index (χ0) is 16.7. The number of aromatic amines is 1. The van der Waals surface area contributed by atoms with Gasteiger partial charge in [-0.2, -0.15) is 0 Å². The third kappa shape index (κ3) is 3.56. The maximum absolute atomic E-state index is 13.4. The first kappa shape index (κ1) is 17.1. The molecule has 0 spiro atoms. The van der Waals surface area contributed by atoms with Crippen molar-refractivity contribution in [1.82, 2.24) is 9.71 Å². The van der Waals surface area contributed by atoms with Crippen LogP contribution < -0.4 is 10.3 Å². The van der Waals surface area contributed by atoms with Gasteiger partial charge in [-0.25, -0.2) is 13.3 Å². The number of rotatable bonds is 3. The fourth-order valence-electron chi connectivity index (χ4n) is 1.94. The van der Waals surface area contributed by atoms with E-state index in [1.165, 1.54) is 12.1 Å². The highest BCUT2D eigenvalue weighted by Crippen LogP contribution is 2.23. The second kappa shape index (κ2) is 6.10. The summed E-state index contributed by atoms with van der Waals surface area (Å²) >= 11 is 5.77. The summed E-state index contributed by atoms with van der Waals surface area (Å²) in [5.74, 6) is -0.586. The van der Waals surface area contributed by atoms with Gasteiger partial charge in [0.05, 0.1) is 26.3 Å². The zero-order valence-electron chi connectivity index (χ0n) is 12.8. The second-order valence-corrected chi connectivity index (χ2v) is 8.53. The largest absolute Gasteiger partial charge is 0.322 e. The summed E-state index contributed by atoms with van der Waals surface area (Å²) in [7, 11) is -1.31. The molecule has 0 amide bonds. The molecule has 0 saturated carbocycles. The Morgan fingerprint density at radius 2 is 1.95 bits per heavy atom. The number of hydrogen-bond acceptors (Lipinski definition) is 2. The van der Waals surface area contributed by atoms with Crippen molar-refractivity contribution < 1.29 is 8.60 Å². The van der Waals surface area contributed by atoms with Gasteiger partial charge in [-0.1, -0.05) is 11.6 Å². The Morgan fingerprint density at radius 1 is 1.32 bits per heavy atom. The molecule has 1 unspecified atom stereocenters. The summed E-state index contributed by atoms with van der Waals surface area (Å²) in [5.41, 5.74) is 0.452. The maximum atomic E-state index is 13.4. The van der Waals surface area contributed by atoms with E-state index in [9.17, 15) is 13.4 Å². The Kier molecular flexibility index (Phi) is 4.75. The molecule has 2 aromatic rings. The lowest BCUT2D eigenvalue weighted by atomic mass is 10.1. The molecule has 0 saturated heterocycles. The summed E-state index contributed by atoms with van der Waals surface area (Å²) in [6, 6.07) is 3.86. The van der Waals surface area contributed by atoms with Crippen LogP contribution in [0.25, 0.3) is 10.9 Å². The fourth-order valence-corrected chi connectivity index (χ4v) is 2.91. The molecule has 0 fully saturated rings. The van der Waals surface area contributed by atoms with Gasteiger partial charge in [0.15, 0.2) is 0 Å². The Bertz CT molecular complexity index is 798. The molecule has 22 heavy (non-hydrogen) atoms. The average Bonchev–Trinajstić information content (AvgIpc) is 2.38. The third-order valence-corrected chi connectivity index (χ3v) is 5.19. The Morgan fingerprint density at radius 3 is 2.55 bits per heavy atom. The van der Waals surface area contributed by atoms with Crippen molar-refractivity contribution in [2.24, 2.45) is 0 Å². The smallest absolute Gasteiger partial charge is 0.253 e. The molecule has 0 bridgehead atoms. The molecule has 120 valence electrons. The van der Waals surface area contributed by atoms with E-state index < -0.39 is 27.6 Å². The van der Waals surface area contributed by atoms with Gasteiger partial charge in [-0.05, 0) is 45.9 Å². The number of aromatic nitrogens is 1. The molecule has 4 nitrogen and oxygen atoms in total. The Labute approximate surface area is 135 Å². The van der Waals surface area contributed by atoms with Crippen molar-refractivity contribution in [2.45, 2.75) is 38.5 Å². The van der Waals surface area contributed by atoms with E-state index in [4.69, 9.17) is 11.6 Å². The van der Waals surface area contributed by atoms with E-state index in [-0.39, 0.29) is 10.6 Å². The molecule has 0 aliphatic carbocycles. The van der Waals surface area contributed by atoms with Crippen molar-refractivity contribution in [3.05, 3.63) is 45.0 Å². The first-order chi connectivity index (χ1) is 10.1. The van der Waals surface area contributed by atoms with Gasteiger partial charge in [0.1, 0.15) is 5.82 Å². The first-order valence-corrected chi connectivity index (χ1v) is 8.32. The highest BCUT2D eigenvalue weighted by atomic mass is 35.5. The summed E-state index contributed by atoms with van der Waals surface area (Å²) in [6.07, 6.45) is 0. The number of pyridine rings is 1. The lowest BCUT2D eigenvalue weighted by Crippen LogP contribution is -2.36. The van der Waals surface area contributed by atoms with Crippen LogP contribution in [0.2, 0.25) is 5.02 Å². The van der Waals surface area contributed by atoms with Gasteiger partial charge in [0.25, 0.3) is 5.56 Å². The molecule has 7 heteroatoms. The summed E-state index contributed by atoms with van der Waals surface area (Å²) in [6.45, 7) is 7.28. The van der Waals surface area contributed by atoms with Gasteiger partial charge in [-0.15, -0.1) is 0 Å². The van der Waals surface area contributed by atoms with Gasteiger partial charge < -0.3 is 4.98 Å². The molecule has 2 atom stereocenters. The predicted molar refractivity (Wildman–Crippen MR) is 89.0 cm³/mol. The Balaban J connectivity index is 2.43. The van der Waals surface area contributed by atoms with Gasteiger partial charge >= 0.3 is 0 Å². The first-order valence-electron chi connectivity index (χ1n) is 6.79. The van der Waals surface area contributed by atoms with Crippen LogP contribution in [0.5, 0.6) is 0 Å². The molecule has 2 rings (SSSR count). The minimum atomic E-state index is -1.31. The average molecular weight is 345 g/mol. The summed E-state index contributed by atoms with van der Waals surface area (Å²) in [4.78, 5) is 14.8. The molecule has 1 aromatic heterocycles. The molecular formula is C15H18ClFN2O2S. The number of nitrogens with one attached hydrogen (secondary N) is 2. The monoisotopic (exact) mass is 344 g/mol. The highest BCUT2D eigenvalue weighted by molar-refractivity contribution is 7.84. The van der Waals surface area contributed by atoms with Crippen LogP contribution >= 0.6 is 11.6 Å². The molecule has 2 N–H and O–H groups in total. The molecule has 1 aromatic carbocycles. The topological polar surface area (TPSA) is 62.0 Å². The molecule has 1 heterocycles. The van der Waals surface area contributed by atoms with Crippen LogP contribution in [-0.4, -0.2) is 13.9 Å². The molecular weight excluding hydrogens is 327 g/mol. The van der Waals surface area contributed by atoms with Crippen LogP contribution in [0, 0.1) is 5.82 Å². The number of halogens is 2. The van der Waals surface area contributed by atoms with Crippen molar-refractivity contribution in [3.63, 3.8) is 0 Å². The molecule has 0 aliphatic heterocycles. The van der Waals surface area contributed by atoms with Gasteiger partial charge in [0.2, 0.25) is 0 Å². The fraction of sp³-hybridized carbons (Fsp3) is 0.400. The van der Waals surface area contributed by atoms with Crippen LogP contribution in [-0.2, 0) is 11.0 Å². The van der Waals surface area contributed by atoms with Crippen LogP contribution in [0.3, 0.4) is 0 Å². The minimum Gasteiger partial charge on any atom is -0.322 e. The van der Waals surface area contributed by atoms with Crippen molar-refractivity contribution in [3.8, 4) is 0 Å². The van der Waals surface area contributed by atoms with Crippen LogP contribution in [0.15, 0.2) is 23.0 Å². The number of H-pyrrole nitrogens is 1. The van der Waals surface area contributed by atoms with Crippen molar-refractivity contribution >= 4 is 33.5 Å².